The fraction of sp³-hybridized carbons (Fsp3) is 0.150. The molecule has 0 atom stereocenters. The number of para-hydroxylation sites is 1. The van der Waals surface area contributed by atoms with Gasteiger partial charge in [0.2, 0.25) is 0 Å². The Morgan fingerprint density at radius 3 is 2.38 bits per heavy atom. The molecule has 1 aromatic heterocycles. The molecule has 0 bridgehead atoms. The van der Waals surface area contributed by atoms with Gasteiger partial charge in [0.1, 0.15) is 0 Å². The molecule has 0 spiro atoms. The Morgan fingerprint density at radius 1 is 1.04 bits per heavy atom. The summed E-state index contributed by atoms with van der Waals surface area (Å²) in [7, 11) is 0. The number of aromatic nitrogens is 1. The molecule has 0 radical (unpaired) electrons. The van der Waals surface area contributed by atoms with Crippen molar-refractivity contribution in [1.29, 1.82) is 0 Å². The van der Waals surface area contributed by atoms with Crippen LogP contribution in [0.4, 0.5) is 11.4 Å². The molecule has 1 N–H and O–H groups in total. The number of nitro groups is 1. The first kappa shape index (κ1) is 17.4. The fourth-order valence-electron chi connectivity index (χ4n) is 3.11. The van der Waals surface area contributed by atoms with E-state index in [2.05, 4.69) is 5.32 Å². The Kier molecular flexibility index (Phi) is 4.58. The number of benzene rings is 2. The Balaban J connectivity index is 1.95. The molecular formula is C20H19N3O3. The van der Waals surface area contributed by atoms with Gasteiger partial charge in [0.15, 0.2) is 0 Å². The van der Waals surface area contributed by atoms with Gasteiger partial charge in [-0.2, -0.15) is 0 Å². The fourth-order valence-corrected chi connectivity index (χ4v) is 3.11. The van der Waals surface area contributed by atoms with E-state index in [1.807, 2.05) is 54.8 Å². The van der Waals surface area contributed by atoms with E-state index in [0.29, 0.717) is 16.8 Å². The number of amides is 1. The van der Waals surface area contributed by atoms with Crippen LogP contribution in [0, 0.1) is 30.9 Å². The summed E-state index contributed by atoms with van der Waals surface area (Å²) in [6.45, 7) is 5.45. The Labute approximate surface area is 151 Å². The minimum Gasteiger partial charge on any atom is -0.321 e. The number of rotatable bonds is 4. The summed E-state index contributed by atoms with van der Waals surface area (Å²) >= 11 is 0. The van der Waals surface area contributed by atoms with E-state index in [4.69, 9.17) is 0 Å². The molecule has 1 heterocycles. The summed E-state index contributed by atoms with van der Waals surface area (Å²) in [6, 6.07) is 16.3. The lowest BCUT2D eigenvalue weighted by atomic mass is 10.1. The normalized spacial score (nSPS) is 10.6. The summed E-state index contributed by atoms with van der Waals surface area (Å²) in [5, 5.41) is 13.9. The number of nitrogens with one attached hydrogen (secondary N) is 1. The number of nitro benzene ring substituents is 1. The van der Waals surface area contributed by atoms with Crippen molar-refractivity contribution in [2.24, 2.45) is 0 Å². The van der Waals surface area contributed by atoms with Crippen LogP contribution in [0.5, 0.6) is 0 Å². The van der Waals surface area contributed by atoms with Gasteiger partial charge in [-0.25, -0.2) is 0 Å². The van der Waals surface area contributed by atoms with E-state index >= 15 is 0 Å². The predicted octanol–water partition coefficient (Wildman–Crippen LogP) is 4.56. The highest BCUT2D eigenvalue weighted by atomic mass is 16.6. The van der Waals surface area contributed by atoms with Gasteiger partial charge in [0, 0.05) is 23.1 Å². The van der Waals surface area contributed by atoms with Crippen molar-refractivity contribution in [3.63, 3.8) is 0 Å². The number of carbonyl (C=O) groups excluding carboxylic acids is 1. The molecule has 0 aliphatic carbocycles. The standard InChI is InChI=1S/C20H19N3O3/c1-13-12-17(15(3)22(13)16-8-5-4-6-9-16)20(24)21-18-10-7-11-19(14(18)2)23(25)26/h4-12H,1-3H3,(H,21,24). The maximum Gasteiger partial charge on any atom is 0.274 e. The number of carbonyl (C=O) groups is 1. The van der Waals surface area contributed by atoms with Gasteiger partial charge in [-0.15, -0.1) is 0 Å². The number of hydrogen-bond acceptors (Lipinski definition) is 3. The van der Waals surface area contributed by atoms with Crippen molar-refractivity contribution in [2.45, 2.75) is 20.8 Å². The second kappa shape index (κ2) is 6.84. The van der Waals surface area contributed by atoms with E-state index in [1.54, 1.807) is 19.1 Å². The first-order valence-electron chi connectivity index (χ1n) is 8.20. The van der Waals surface area contributed by atoms with Crippen molar-refractivity contribution in [2.75, 3.05) is 5.32 Å². The van der Waals surface area contributed by atoms with Crippen LogP contribution in [0.25, 0.3) is 5.69 Å². The van der Waals surface area contributed by atoms with Crippen LogP contribution < -0.4 is 5.32 Å². The Hall–Kier alpha value is -3.41. The minimum atomic E-state index is -0.452. The van der Waals surface area contributed by atoms with Gasteiger partial charge in [-0.05, 0) is 45.0 Å². The molecule has 1 amide bonds. The van der Waals surface area contributed by atoms with E-state index in [-0.39, 0.29) is 11.6 Å². The molecule has 0 fully saturated rings. The van der Waals surface area contributed by atoms with Gasteiger partial charge in [-0.1, -0.05) is 24.3 Å². The van der Waals surface area contributed by atoms with Gasteiger partial charge in [-0.3, -0.25) is 14.9 Å². The number of aryl methyl sites for hydroxylation is 1. The Morgan fingerprint density at radius 2 is 1.73 bits per heavy atom. The lowest BCUT2D eigenvalue weighted by molar-refractivity contribution is -0.385. The number of anilines is 1. The largest absolute Gasteiger partial charge is 0.321 e. The topological polar surface area (TPSA) is 77.2 Å². The first-order valence-corrected chi connectivity index (χ1v) is 8.20. The van der Waals surface area contributed by atoms with Crippen LogP contribution in [0.15, 0.2) is 54.6 Å². The van der Waals surface area contributed by atoms with E-state index < -0.39 is 4.92 Å². The summed E-state index contributed by atoms with van der Waals surface area (Å²) in [5.74, 6) is -0.288. The maximum absolute atomic E-state index is 12.8. The van der Waals surface area contributed by atoms with Crippen LogP contribution in [0.1, 0.15) is 27.3 Å². The highest BCUT2D eigenvalue weighted by Crippen LogP contribution is 2.27. The molecular weight excluding hydrogens is 330 g/mol. The van der Waals surface area contributed by atoms with Crippen molar-refractivity contribution in [1.82, 2.24) is 4.57 Å². The molecule has 3 rings (SSSR count). The van der Waals surface area contributed by atoms with Crippen molar-refractivity contribution >= 4 is 17.3 Å². The molecule has 0 aliphatic rings. The third kappa shape index (κ3) is 3.09. The smallest absolute Gasteiger partial charge is 0.274 e. The molecule has 2 aromatic carbocycles. The van der Waals surface area contributed by atoms with Gasteiger partial charge in [0.05, 0.1) is 21.7 Å². The SMILES string of the molecule is Cc1c(NC(=O)c2cc(C)n(-c3ccccc3)c2C)cccc1[N+](=O)[O-]. The molecule has 0 aliphatic heterocycles. The van der Waals surface area contributed by atoms with Crippen LogP contribution in [-0.4, -0.2) is 15.4 Å². The minimum absolute atomic E-state index is 0.0161. The molecule has 0 unspecified atom stereocenters. The van der Waals surface area contributed by atoms with Crippen LogP contribution in [0.2, 0.25) is 0 Å². The van der Waals surface area contributed by atoms with E-state index in [0.717, 1.165) is 17.1 Å². The second-order valence-corrected chi connectivity index (χ2v) is 6.12. The van der Waals surface area contributed by atoms with Crippen LogP contribution in [0.3, 0.4) is 0 Å². The first-order chi connectivity index (χ1) is 12.4. The van der Waals surface area contributed by atoms with E-state index in [1.165, 1.54) is 6.07 Å². The summed E-state index contributed by atoms with van der Waals surface area (Å²) < 4.78 is 2.01. The van der Waals surface area contributed by atoms with Crippen LogP contribution >= 0.6 is 0 Å². The second-order valence-electron chi connectivity index (χ2n) is 6.12. The summed E-state index contributed by atoms with van der Waals surface area (Å²) in [5.41, 5.74) is 4.13. The zero-order valence-corrected chi connectivity index (χ0v) is 14.8. The number of hydrogen-bond donors (Lipinski definition) is 1. The average Bonchev–Trinajstić information content (AvgIpc) is 2.91. The van der Waals surface area contributed by atoms with Gasteiger partial charge >= 0.3 is 0 Å². The monoisotopic (exact) mass is 349 g/mol. The highest BCUT2D eigenvalue weighted by Gasteiger charge is 2.19. The summed E-state index contributed by atoms with van der Waals surface area (Å²) in [4.78, 5) is 23.4. The molecule has 6 nitrogen and oxygen atoms in total. The van der Waals surface area contributed by atoms with Crippen molar-refractivity contribution in [3.05, 3.63) is 87.2 Å². The maximum atomic E-state index is 12.8. The predicted molar refractivity (Wildman–Crippen MR) is 101 cm³/mol. The number of nitrogens with zero attached hydrogens (tertiary/aromatic N) is 2. The quantitative estimate of drug-likeness (QED) is 0.554. The zero-order chi connectivity index (χ0) is 18.8. The van der Waals surface area contributed by atoms with Crippen LogP contribution in [-0.2, 0) is 0 Å². The van der Waals surface area contributed by atoms with Gasteiger partial charge < -0.3 is 9.88 Å². The third-order valence-electron chi connectivity index (χ3n) is 4.44. The summed E-state index contributed by atoms with van der Waals surface area (Å²) in [6.07, 6.45) is 0. The molecule has 6 heteroatoms. The lowest BCUT2D eigenvalue weighted by Crippen LogP contribution is -2.14. The molecule has 0 saturated heterocycles. The third-order valence-corrected chi connectivity index (χ3v) is 4.44. The molecule has 0 saturated carbocycles. The Bertz CT molecular complexity index is 991. The molecule has 26 heavy (non-hydrogen) atoms. The van der Waals surface area contributed by atoms with Gasteiger partial charge in [0.25, 0.3) is 11.6 Å². The van der Waals surface area contributed by atoms with Crippen molar-refractivity contribution in [3.8, 4) is 5.69 Å². The average molecular weight is 349 g/mol. The molecule has 3 aromatic rings. The molecule has 132 valence electrons. The van der Waals surface area contributed by atoms with E-state index in [9.17, 15) is 14.9 Å². The highest BCUT2D eigenvalue weighted by molar-refractivity contribution is 6.06. The van der Waals surface area contributed by atoms with Crippen molar-refractivity contribution < 1.29 is 9.72 Å². The lowest BCUT2D eigenvalue weighted by Gasteiger charge is -2.11. The zero-order valence-electron chi connectivity index (χ0n) is 14.8.